The number of carbonyl (C=O) groups excluding carboxylic acids is 2. The van der Waals surface area contributed by atoms with Gasteiger partial charge in [-0.05, 0) is 20.8 Å². The molecule has 0 unspecified atom stereocenters. The van der Waals surface area contributed by atoms with Crippen LogP contribution in [0.5, 0.6) is 0 Å². The quantitative estimate of drug-likeness (QED) is 0.588. The van der Waals surface area contributed by atoms with Crippen molar-refractivity contribution >= 4 is 34.5 Å². The zero-order valence-corrected chi connectivity index (χ0v) is 11.8. The first-order valence-electron chi connectivity index (χ1n) is 4.78. The molecule has 0 saturated heterocycles. The van der Waals surface area contributed by atoms with Crippen molar-refractivity contribution in [2.75, 3.05) is 18.0 Å². The molecule has 88 valence electrons. The Labute approximate surface area is 104 Å². The third kappa shape index (κ3) is 7.58. The van der Waals surface area contributed by atoms with E-state index < -0.39 is 5.60 Å². The lowest BCUT2D eigenvalue weighted by Crippen LogP contribution is -2.35. The van der Waals surface area contributed by atoms with Crippen LogP contribution in [-0.4, -0.2) is 40.4 Å². The number of ether oxygens (including phenoxy) is 1. The van der Waals surface area contributed by atoms with E-state index in [0.29, 0.717) is 17.4 Å². The Morgan fingerprint density at radius 2 is 1.87 bits per heavy atom. The lowest BCUT2D eigenvalue weighted by molar-refractivity contribution is -0.116. The maximum absolute atomic E-state index is 11.5. The van der Waals surface area contributed by atoms with Gasteiger partial charge in [0.2, 0.25) is 0 Å². The van der Waals surface area contributed by atoms with E-state index in [1.165, 1.54) is 4.90 Å². The summed E-state index contributed by atoms with van der Waals surface area (Å²) in [5.74, 6) is 0.144. The average molecular weight is 327 g/mol. The molecule has 5 heteroatoms. The molecule has 0 bridgehead atoms. The molecule has 0 heterocycles. The Balaban J connectivity index is 3.95. The molecule has 0 aromatic carbocycles. The molecule has 0 N–H and O–H groups in total. The predicted octanol–water partition coefficient (Wildman–Crippen LogP) is 2.25. The van der Waals surface area contributed by atoms with Gasteiger partial charge in [-0.25, -0.2) is 4.79 Å². The fourth-order valence-corrected chi connectivity index (χ4v) is 1.17. The van der Waals surface area contributed by atoms with Crippen LogP contribution in [0.15, 0.2) is 0 Å². The SMILES string of the molecule is CN(CCC(=O)CI)C(=O)OC(C)(C)C. The molecule has 0 spiro atoms. The van der Waals surface area contributed by atoms with Gasteiger partial charge in [-0.15, -0.1) is 0 Å². The van der Waals surface area contributed by atoms with Gasteiger partial charge >= 0.3 is 6.09 Å². The molecule has 0 aliphatic rings. The number of alkyl halides is 1. The average Bonchev–Trinajstić information content (AvgIpc) is 2.10. The molecule has 0 aliphatic heterocycles. The van der Waals surface area contributed by atoms with Gasteiger partial charge in [0.15, 0.2) is 0 Å². The first-order valence-corrected chi connectivity index (χ1v) is 6.30. The van der Waals surface area contributed by atoms with Gasteiger partial charge in [0.1, 0.15) is 11.4 Å². The number of halogens is 1. The highest BCUT2D eigenvalue weighted by Gasteiger charge is 2.19. The van der Waals surface area contributed by atoms with E-state index in [2.05, 4.69) is 0 Å². The Morgan fingerprint density at radius 3 is 2.27 bits per heavy atom. The van der Waals surface area contributed by atoms with Crippen molar-refractivity contribution in [1.29, 1.82) is 0 Å². The third-order valence-corrected chi connectivity index (χ3v) is 2.43. The minimum absolute atomic E-state index is 0.144. The lowest BCUT2D eigenvalue weighted by atomic mass is 10.2. The fourth-order valence-electron chi connectivity index (χ4n) is 0.790. The minimum Gasteiger partial charge on any atom is -0.444 e. The van der Waals surface area contributed by atoms with E-state index in [1.54, 1.807) is 7.05 Å². The van der Waals surface area contributed by atoms with Crippen molar-refractivity contribution in [2.45, 2.75) is 32.8 Å². The van der Waals surface area contributed by atoms with Crippen LogP contribution < -0.4 is 0 Å². The Bertz CT molecular complexity index is 235. The largest absolute Gasteiger partial charge is 0.444 e. The Kier molecular flexibility index (Phi) is 6.16. The number of amides is 1. The fraction of sp³-hybridized carbons (Fsp3) is 0.800. The number of nitrogens with zero attached hydrogens (tertiary/aromatic N) is 1. The van der Waals surface area contributed by atoms with Gasteiger partial charge in [0.25, 0.3) is 0 Å². The van der Waals surface area contributed by atoms with E-state index in [4.69, 9.17) is 4.74 Å². The summed E-state index contributed by atoms with van der Waals surface area (Å²) in [5, 5.41) is 0. The molecule has 1 amide bonds. The van der Waals surface area contributed by atoms with E-state index in [1.807, 2.05) is 43.4 Å². The molecular formula is C10H18INO3. The first kappa shape index (κ1) is 14.7. The predicted molar refractivity (Wildman–Crippen MR) is 67.4 cm³/mol. The number of ketones is 1. The van der Waals surface area contributed by atoms with Crippen LogP contribution in [0.2, 0.25) is 0 Å². The topological polar surface area (TPSA) is 46.6 Å². The van der Waals surface area contributed by atoms with E-state index in [9.17, 15) is 9.59 Å². The number of hydrogen-bond donors (Lipinski definition) is 0. The second kappa shape index (κ2) is 6.30. The number of Topliss-reactive ketones (excluding diaryl/α,β-unsaturated/α-hetero) is 1. The van der Waals surface area contributed by atoms with Crippen LogP contribution in [0.3, 0.4) is 0 Å². The molecular weight excluding hydrogens is 309 g/mol. The highest BCUT2D eigenvalue weighted by Crippen LogP contribution is 2.09. The maximum Gasteiger partial charge on any atom is 0.410 e. The van der Waals surface area contributed by atoms with Gasteiger partial charge in [0.05, 0.1) is 4.43 Å². The summed E-state index contributed by atoms with van der Waals surface area (Å²) < 4.78 is 5.63. The smallest absolute Gasteiger partial charge is 0.410 e. The van der Waals surface area contributed by atoms with Crippen LogP contribution in [0.4, 0.5) is 4.79 Å². The maximum atomic E-state index is 11.5. The van der Waals surface area contributed by atoms with E-state index >= 15 is 0 Å². The van der Waals surface area contributed by atoms with Crippen LogP contribution >= 0.6 is 22.6 Å². The first-order chi connectivity index (χ1) is 6.76. The van der Waals surface area contributed by atoms with Gasteiger partial charge in [-0.2, -0.15) is 0 Å². The van der Waals surface area contributed by atoms with Gasteiger partial charge in [-0.1, -0.05) is 22.6 Å². The standard InChI is InChI=1S/C10H18INO3/c1-10(2,3)15-9(14)12(4)6-5-8(13)7-11/h5-7H2,1-4H3. The van der Waals surface area contributed by atoms with Gasteiger partial charge in [-0.3, -0.25) is 4.79 Å². The van der Waals surface area contributed by atoms with Crippen molar-refractivity contribution in [3.63, 3.8) is 0 Å². The number of hydrogen-bond acceptors (Lipinski definition) is 3. The van der Waals surface area contributed by atoms with Gasteiger partial charge < -0.3 is 9.64 Å². The van der Waals surface area contributed by atoms with Crippen LogP contribution in [0.25, 0.3) is 0 Å². The van der Waals surface area contributed by atoms with Crippen LogP contribution in [0.1, 0.15) is 27.2 Å². The summed E-state index contributed by atoms with van der Waals surface area (Å²) >= 11 is 2.02. The minimum atomic E-state index is -0.487. The highest BCUT2D eigenvalue weighted by atomic mass is 127. The summed E-state index contributed by atoms with van der Waals surface area (Å²) in [4.78, 5) is 23.9. The molecule has 0 rings (SSSR count). The summed E-state index contributed by atoms with van der Waals surface area (Å²) in [6.45, 7) is 5.86. The molecule has 0 atom stereocenters. The van der Waals surface area contributed by atoms with Crippen molar-refractivity contribution in [2.24, 2.45) is 0 Å². The van der Waals surface area contributed by atoms with Crippen LogP contribution in [-0.2, 0) is 9.53 Å². The van der Waals surface area contributed by atoms with E-state index in [-0.39, 0.29) is 11.9 Å². The molecule has 0 aliphatic carbocycles. The monoisotopic (exact) mass is 327 g/mol. The molecule has 0 aromatic heterocycles. The van der Waals surface area contributed by atoms with Crippen molar-refractivity contribution in [1.82, 2.24) is 4.90 Å². The summed E-state index contributed by atoms with van der Waals surface area (Å²) in [5.41, 5.74) is -0.487. The van der Waals surface area contributed by atoms with Crippen LogP contribution in [0, 0.1) is 0 Å². The Morgan fingerprint density at radius 1 is 1.33 bits per heavy atom. The normalized spacial score (nSPS) is 11.0. The van der Waals surface area contributed by atoms with Gasteiger partial charge in [0, 0.05) is 20.0 Å². The van der Waals surface area contributed by atoms with Crippen molar-refractivity contribution in [3.05, 3.63) is 0 Å². The summed E-state index contributed by atoms with van der Waals surface area (Å²) in [7, 11) is 1.63. The molecule has 4 nitrogen and oxygen atoms in total. The van der Waals surface area contributed by atoms with Crippen molar-refractivity contribution < 1.29 is 14.3 Å². The molecule has 15 heavy (non-hydrogen) atoms. The molecule has 0 radical (unpaired) electrons. The third-order valence-electron chi connectivity index (χ3n) is 1.58. The molecule has 0 aromatic rings. The molecule has 0 fully saturated rings. The number of carbonyl (C=O) groups is 2. The zero-order valence-electron chi connectivity index (χ0n) is 9.67. The second-order valence-corrected chi connectivity index (χ2v) is 5.09. The van der Waals surface area contributed by atoms with Crippen molar-refractivity contribution in [3.8, 4) is 0 Å². The van der Waals surface area contributed by atoms with E-state index in [0.717, 1.165) is 0 Å². The zero-order chi connectivity index (χ0) is 12.1. The summed E-state index contributed by atoms with van der Waals surface area (Å²) in [6.07, 6.45) is 0.00217. The molecule has 0 saturated carbocycles. The summed E-state index contributed by atoms with van der Waals surface area (Å²) in [6, 6.07) is 0. The second-order valence-electron chi connectivity index (χ2n) is 4.32. The highest BCUT2D eigenvalue weighted by molar-refractivity contribution is 14.1. The lowest BCUT2D eigenvalue weighted by Gasteiger charge is -2.24. The Hall–Kier alpha value is -0.330. The number of rotatable bonds is 4.